The fourth-order valence-electron chi connectivity index (χ4n) is 3.95. The third-order valence-corrected chi connectivity index (χ3v) is 8.29. The third kappa shape index (κ3) is 6.06. The monoisotopic (exact) mass is 653 g/mol. The summed E-state index contributed by atoms with van der Waals surface area (Å²) in [4.78, 5) is 37.2. The van der Waals surface area contributed by atoms with Crippen molar-refractivity contribution in [2.24, 2.45) is 5.92 Å². The number of hydrogen-bond acceptors (Lipinski definition) is 3. The summed E-state index contributed by atoms with van der Waals surface area (Å²) in [7, 11) is 0. The van der Waals surface area contributed by atoms with E-state index in [1.165, 1.54) is 30.3 Å². The molecule has 204 valence electrons. The lowest BCUT2D eigenvalue weighted by atomic mass is 10.1. The molecular weight excluding hydrogens is 641 g/mol. The van der Waals surface area contributed by atoms with Gasteiger partial charge in [0.05, 0.1) is 37.3 Å². The van der Waals surface area contributed by atoms with Crippen molar-refractivity contribution >= 4 is 104 Å². The number of alkyl halides is 2. The molecule has 1 fully saturated rings. The van der Waals surface area contributed by atoms with Crippen LogP contribution in [0.25, 0.3) is 0 Å². The van der Waals surface area contributed by atoms with Crippen molar-refractivity contribution in [1.82, 2.24) is 0 Å². The summed E-state index contributed by atoms with van der Waals surface area (Å²) in [6.45, 7) is 1.08. The Balaban J connectivity index is 1.53. The fourth-order valence-corrected chi connectivity index (χ4v) is 5.59. The van der Waals surface area contributed by atoms with E-state index in [1.807, 2.05) is 5.32 Å². The molecule has 3 aromatic carbocycles. The number of amides is 3. The van der Waals surface area contributed by atoms with Gasteiger partial charge in [-0.2, -0.15) is 0 Å². The van der Waals surface area contributed by atoms with Gasteiger partial charge in [0.15, 0.2) is 5.82 Å². The molecule has 6 nitrogen and oxygen atoms in total. The molecule has 0 heterocycles. The van der Waals surface area contributed by atoms with Crippen molar-refractivity contribution in [3.8, 4) is 0 Å². The Hall–Kier alpha value is -2.33. The van der Waals surface area contributed by atoms with Gasteiger partial charge < -0.3 is 16.0 Å². The van der Waals surface area contributed by atoms with Crippen LogP contribution in [0.4, 0.5) is 25.8 Å². The van der Waals surface area contributed by atoms with Crippen molar-refractivity contribution < 1.29 is 23.2 Å². The van der Waals surface area contributed by atoms with E-state index in [1.54, 1.807) is 0 Å². The molecule has 3 N–H and O–H groups in total. The Kier molecular flexibility index (Phi) is 8.57. The molecule has 39 heavy (non-hydrogen) atoms. The number of hydrogen-bond donors (Lipinski definition) is 3. The first kappa shape index (κ1) is 29.6. The maximum Gasteiger partial charge on any atom is 0.257 e. The van der Waals surface area contributed by atoms with Crippen LogP contribution in [0.5, 0.6) is 0 Å². The van der Waals surface area contributed by atoms with Crippen molar-refractivity contribution in [1.29, 1.82) is 0 Å². The molecule has 0 aliphatic heterocycles. The van der Waals surface area contributed by atoms with Gasteiger partial charge in [-0.3, -0.25) is 14.4 Å². The Morgan fingerprint density at radius 3 is 2.10 bits per heavy atom. The Morgan fingerprint density at radius 1 is 0.846 bits per heavy atom. The molecule has 0 spiro atoms. The van der Waals surface area contributed by atoms with Gasteiger partial charge in [-0.25, -0.2) is 8.78 Å². The zero-order valence-corrected chi connectivity index (χ0v) is 24.0. The topological polar surface area (TPSA) is 87.3 Å². The summed E-state index contributed by atoms with van der Waals surface area (Å²) < 4.78 is 27.2. The van der Waals surface area contributed by atoms with E-state index < -0.39 is 56.9 Å². The van der Waals surface area contributed by atoms with Crippen molar-refractivity contribution in [2.45, 2.75) is 17.2 Å². The van der Waals surface area contributed by atoms with Gasteiger partial charge in [0, 0.05) is 18.5 Å². The van der Waals surface area contributed by atoms with E-state index >= 15 is 0 Å². The number of benzene rings is 3. The van der Waals surface area contributed by atoms with Crippen LogP contribution in [0, 0.1) is 17.6 Å². The highest BCUT2D eigenvalue weighted by Crippen LogP contribution is 2.65. The summed E-state index contributed by atoms with van der Waals surface area (Å²) in [5.74, 6) is -5.91. The van der Waals surface area contributed by atoms with Crippen LogP contribution in [0.2, 0.25) is 20.1 Å². The van der Waals surface area contributed by atoms with Crippen LogP contribution in [0.3, 0.4) is 0 Å². The van der Waals surface area contributed by atoms with Crippen molar-refractivity contribution in [2.75, 3.05) is 16.0 Å². The first-order valence-electron chi connectivity index (χ1n) is 10.9. The molecule has 1 saturated carbocycles. The van der Waals surface area contributed by atoms with Crippen LogP contribution in [0.15, 0.2) is 42.5 Å². The lowest BCUT2D eigenvalue weighted by molar-refractivity contribution is -0.117. The van der Waals surface area contributed by atoms with Gasteiger partial charge >= 0.3 is 0 Å². The number of carbonyl (C=O) groups excluding carboxylic acids is 3. The minimum atomic E-state index is -1.47. The van der Waals surface area contributed by atoms with Crippen LogP contribution >= 0.6 is 69.6 Å². The normalized spacial score (nSPS) is 17.4. The average molecular weight is 656 g/mol. The summed E-state index contributed by atoms with van der Waals surface area (Å²) >= 11 is 37.1. The maximum atomic E-state index is 14.7. The van der Waals surface area contributed by atoms with E-state index in [0.29, 0.717) is 5.56 Å². The summed E-state index contributed by atoms with van der Waals surface area (Å²) in [6.07, 6.45) is 0. The standard InChI is InChI=1S/C25H15Cl6F2N3O3/c1-9(37)34-22-16(32)4-5-17(21(22)33)36-23(38)12-8-11(2-3-13(12)26)35-24(39)19-18(25(19,30)31)10-6-14(27)20(29)15(28)7-10/h2-8,18-19H,1H3,(H,34,37)(H,35,39)(H,36,38)/t18?,19-/m1/s1. The highest BCUT2D eigenvalue weighted by atomic mass is 35.5. The molecule has 1 unspecified atom stereocenters. The largest absolute Gasteiger partial charge is 0.326 e. The van der Waals surface area contributed by atoms with E-state index in [0.717, 1.165) is 19.1 Å². The number of carbonyl (C=O) groups is 3. The Bertz CT molecular complexity index is 1510. The number of halogens is 8. The minimum absolute atomic E-state index is 0.0196. The third-order valence-electron chi connectivity index (χ3n) is 5.82. The summed E-state index contributed by atoms with van der Waals surface area (Å²) in [5.41, 5.74) is -0.595. The zero-order valence-electron chi connectivity index (χ0n) is 19.4. The number of nitrogens with one attached hydrogen (secondary N) is 3. The Morgan fingerprint density at radius 2 is 1.49 bits per heavy atom. The second-order valence-corrected chi connectivity index (χ2v) is 11.6. The number of anilines is 3. The number of rotatable bonds is 6. The maximum absolute atomic E-state index is 14.7. The molecule has 4 rings (SSSR count). The van der Waals surface area contributed by atoms with Crippen LogP contribution in [-0.4, -0.2) is 22.1 Å². The highest BCUT2D eigenvalue weighted by molar-refractivity contribution is 6.54. The van der Waals surface area contributed by atoms with E-state index in [4.69, 9.17) is 69.6 Å². The predicted octanol–water partition coefficient (Wildman–Crippen LogP) is 8.32. The molecule has 0 radical (unpaired) electrons. The van der Waals surface area contributed by atoms with Crippen molar-refractivity contribution in [3.05, 3.63) is 85.3 Å². The molecule has 3 amide bonds. The van der Waals surface area contributed by atoms with Gasteiger partial charge in [0.1, 0.15) is 15.8 Å². The summed E-state index contributed by atoms with van der Waals surface area (Å²) in [5, 5.41) is 7.40. The summed E-state index contributed by atoms with van der Waals surface area (Å²) in [6, 6.07) is 8.92. The zero-order chi connectivity index (χ0) is 28.8. The molecule has 1 aliphatic rings. The second-order valence-electron chi connectivity index (χ2n) is 8.53. The van der Waals surface area contributed by atoms with E-state index in [2.05, 4.69) is 10.6 Å². The Labute approximate surface area is 250 Å². The van der Waals surface area contributed by atoms with Gasteiger partial charge in [-0.05, 0) is 48.0 Å². The van der Waals surface area contributed by atoms with Crippen LogP contribution in [0.1, 0.15) is 28.8 Å². The first-order valence-corrected chi connectivity index (χ1v) is 13.2. The molecule has 2 atom stereocenters. The molecular formula is C25H15Cl6F2N3O3. The van der Waals surface area contributed by atoms with E-state index in [-0.39, 0.29) is 31.3 Å². The van der Waals surface area contributed by atoms with Crippen LogP contribution < -0.4 is 16.0 Å². The predicted molar refractivity (Wildman–Crippen MR) is 151 cm³/mol. The van der Waals surface area contributed by atoms with E-state index in [9.17, 15) is 23.2 Å². The quantitative estimate of drug-likeness (QED) is 0.184. The highest BCUT2D eigenvalue weighted by Gasteiger charge is 2.67. The molecule has 0 aromatic heterocycles. The second kappa shape index (κ2) is 11.3. The van der Waals surface area contributed by atoms with Gasteiger partial charge in [-0.1, -0.05) is 46.4 Å². The average Bonchev–Trinajstić information content (AvgIpc) is 3.44. The molecule has 0 saturated heterocycles. The lowest BCUT2D eigenvalue weighted by Gasteiger charge is -2.13. The van der Waals surface area contributed by atoms with Crippen LogP contribution in [-0.2, 0) is 9.59 Å². The lowest BCUT2D eigenvalue weighted by Crippen LogP contribution is -2.19. The fraction of sp³-hybridized carbons (Fsp3) is 0.160. The first-order chi connectivity index (χ1) is 18.2. The smallest absolute Gasteiger partial charge is 0.257 e. The molecule has 0 bridgehead atoms. The molecule has 1 aliphatic carbocycles. The van der Waals surface area contributed by atoms with Gasteiger partial charge in [0.2, 0.25) is 11.8 Å². The van der Waals surface area contributed by atoms with Crippen molar-refractivity contribution in [3.63, 3.8) is 0 Å². The van der Waals surface area contributed by atoms with Gasteiger partial charge in [-0.15, -0.1) is 23.2 Å². The SMILES string of the molecule is CC(=O)Nc1c(F)ccc(NC(=O)c2cc(NC(=O)[C@H]3C(c4cc(Cl)c(Cl)c(Cl)c4)C3(Cl)Cl)ccc2Cl)c1F. The van der Waals surface area contributed by atoms with Gasteiger partial charge in [0.25, 0.3) is 5.91 Å². The molecule has 3 aromatic rings. The minimum Gasteiger partial charge on any atom is -0.326 e. The molecule has 14 heteroatoms.